The summed E-state index contributed by atoms with van der Waals surface area (Å²) in [5, 5.41) is 2.69. The third-order valence-electron chi connectivity index (χ3n) is 2.02. The Morgan fingerprint density at radius 2 is 1.93 bits per heavy atom. The second-order valence-corrected chi connectivity index (χ2v) is 4.12. The topological polar surface area (TPSA) is 12.0 Å². The molecule has 82 valence electrons. The van der Waals surface area contributed by atoms with Crippen LogP contribution in [0.5, 0.6) is 0 Å². The molecule has 1 rings (SSSR count). The van der Waals surface area contributed by atoms with Crippen molar-refractivity contribution in [1.29, 1.82) is 0 Å². The van der Waals surface area contributed by atoms with Crippen molar-refractivity contribution in [3.63, 3.8) is 0 Å². The molecule has 1 nitrogen and oxygen atoms in total. The number of nitrogens with one attached hydrogen (secondary N) is 1. The molecule has 0 radical (unpaired) electrons. The van der Waals surface area contributed by atoms with E-state index in [1.165, 1.54) is 12.1 Å². The number of hydrogen-bond donors (Lipinski definition) is 1. The minimum absolute atomic E-state index is 0.104. The number of anilines is 1. The Labute approximate surface area is 96.3 Å². The molecule has 4 heteroatoms. The summed E-state index contributed by atoms with van der Waals surface area (Å²) in [5.74, 6) is -1.21. The molecule has 0 fully saturated rings. The molecule has 0 aliphatic carbocycles. The third kappa shape index (κ3) is 3.30. The maximum absolute atomic E-state index is 13.3. The fraction of sp³-hybridized carbons (Fsp3) is 0.273. The molecule has 1 N–H and O–H groups in total. The van der Waals surface area contributed by atoms with E-state index in [0.717, 1.165) is 12.0 Å². The highest BCUT2D eigenvalue weighted by Crippen LogP contribution is 2.23. The van der Waals surface area contributed by atoms with Crippen LogP contribution >= 0.6 is 15.9 Å². The highest BCUT2D eigenvalue weighted by molar-refractivity contribution is 9.10. The van der Waals surface area contributed by atoms with Gasteiger partial charge >= 0.3 is 0 Å². The summed E-state index contributed by atoms with van der Waals surface area (Å²) in [4.78, 5) is 0. The van der Waals surface area contributed by atoms with Gasteiger partial charge in [0.1, 0.15) is 17.3 Å². The Kier molecular flexibility index (Phi) is 4.27. The van der Waals surface area contributed by atoms with Gasteiger partial charge in [-0.2, -0.15) is 0 Å². The van der Waals surface area contributed by atoms with E-state index in [-0.39, 0.29) is 5.69 Å². The lowest BCUT2D eigenvalue weighted by atomic mass is 10.2. The van der Waals surface area contributed by atoms with Crippen molar-refractivity contribution in [2.75, 3.05) is 11.9 Å². The summed E-state index contributed by atoms with van der Waals surface area (Å²) in [6.07, 6.45) is 0.784. The number of benzene rings is 1. The smallest absolute Gasteiger partial charge is 0.150 e. The fourth-order valence-electron chi connectivity index (χ4n) is 1.05. The summed E-state index contributed by atoms with van der Waals surface area (Å²) in [5.41, 5.74) is 0.796. The van der Waals surface area contributed by atoms with Gasteiger partial charge in [0.25, 0.3) is 0 Å². The molecule has 15 heavy (non-hydrogen) atoms. The van der Waals surface area contributed by atoms with Gasteiger partial charge in [-0.25, -0.2) is 8.78 Å². The molecular weight excluding hydrogens is 264 g/mol. The zero-order valence-corrected chi connectivity index (χ0v) is 10.00. The average Bonchev–Trinajstić information content (AvgIpc) is 2.15. The van der Waals surface area contributed by atoms with Gasteiger partial charge < -0.3 is 5.32 Å². The lowest BCUT2D eigenvalue weighted by molar-refractivity contribution is 0.587. The van der Waals surface area contributed by atoms with Crippen LogP contribution in [0.4, 0.5) is 14.5 Å². The Morgan fingerprint density at radius 1 is 1.40 bits per heavy atom. The van der Waals surface area contributed by atoms with Crippen LogP contribution in [0.1, 0.15) is 13.3 Å². The van der Waals surface area contributed by atoms with Crippen LogP contribution in [0, 0.1) is 11.6 Å². The van der Waals surface area contributed by atoms with Gasteiger partial charge in [0.2, 0.25) is 0 Å². The third-order valence-corrected chi connectivity index (χ3v) is 2.48. The maximum Gasteiger partial charge on any atom is 0.150 e. The molecule has 0 saturated carbocycles. The second-order valence-electron chi connectivity index (χ2n) is 3.20. The van der Waals surface area contributed by atoms with Crippen molar-refractivity contribution in [3.05, 3.63) is 40.4 Å². The van der Waals surface area contributed by atoms with Crippen LogP contribution in [0.2, 0.25) is 0 Å². The summed E-state index contributed by atoms with van der Waals surface area (Å²) < 4.78 is 27.0. The first-order valence-corrected chi connectivity index (χ1v) is 5.39. The standard InChI is InChI=1S/C11H12BrF2N/c1-3-7(2)6-15-11-9(13)4-8(12)5-10(11)14/h4-5,15H,2-3,6H2,1H3. The first kappa shape index (κ1) is 12.2. The average molecular weight is 276 g/mol. The Hall–Kier alpha value is -0.900. The molecule has 0 heterocycles. The van der Waals surface area contributed by atoms with E-state index in [2.05, 4.69) is 27.8 Å². The highest BCUT2D eigenvalue weighted by Gasteiger charge is 2.09. The van der Waals surface area contributed by atoms with E-state index in [1.807, 2.05) is 6.92 Å². The summed E-state index contributed by atoms with van der Waals surface area (Å²) in [6, 6.07) is 2.44. The van der Waals surface area contributed by atoms with Crippen LogP contribution in [-0.2, 0) is 0 Å². The second kappa shape index (κ2) is 5.26. The minimum Gasteiger partial charge on any atom is -0.377 e. The Morgan fingerprint density at radius 3 is 2.40 bits per heavy atom. The molecule has 1 aromatic carbocycles. The van der Waals surface area contributed by atoms with Crippen molar-refractivity contribution < 1.29 is 8.78 Å². The lowest BCUT2D eigenvalue weighted by Gasteiger charge is -2.09. The van der Waals surface area contributed by atoms with E-state index in [9.17, 15) is 8.78 Å². The number of hydrogen-bond acceptors (Lipinski definition) is 1. The molecule has 1 aromatic rings. The van der Waals surface area contributed by atoms with Gasteiger partial charge in [0.15, 0.2) is 0 Å². The van der Waals surface area contributed by atoms with Gasteiger partial charge in [-0.1, -0.05) is 35.0 Å². The fourth-order valence-corrected chi connectivity index (χ4v) is 1.45. The van der Waals surface area contributed by atoms with Crippen LogP contribution in [0.3, 0.4) is 0 Å². The monoisotopic (exact) mass is 275 g/mol. The molecule has 0 atom stereocenters. The first-order valence-electron chi connectivity index (χ1n) is 4.59. The van der Waals surface area contributed by atoms with E-state index < -0.39 is 11.6 Å². The minimum atomic E-state index is -0.606. The molecule has 0 aromatic heterocycles. The zero-order valence-electron chi connectivity index (χ0n) is 8.41. The van der Waals surface area contributed by atoms with E-state index in [1.54, 1.807) is 0 Å². The lowest BCUT2D eigenvalue weighted by Crippen LogP contribution is -2.07. The van der Waals surface area contributed by atoms with Gasteiger partial charge in [-0.05, 0) is 18.6 Å². The highest BCUT2D eigenvalue weighted by atomic mass is 79.9. The van der Waals surface area contributed by atoms with Crippen LogP contribution in [-0.4, -0.2) is 6.54 Å². The van der Waals surface area contributed by atoms with Gasteiger partial charge in [0.05, 0.1) is 0 Å². The van der Waals surface area contributed by atoms with Crippen molar-refractivity contribution in [2.45, 2.75) is 13.3 Å². The predicted molar refractivity (Wildman–Crippen MR) is 62.0 cm³/mol. The predicted octanol–water partition coefficient (Wildman–Crippen LogP) is 4.11. The van der Waals surface area contributed by atoms with Crippen LogP contribution in [0.25, 0.3) is 0 Å². The van der Waals surface area contributed by atoms with Crippen molar-refractivity contribution in [2.24, 2.45) is 0 Å². The Balaban J connectivity index is 2.81. The van der Waals surface area contributed by atoms with E-state index >= 15 is 0 Å². The normalized spacial score (nSPS) is 10.1. The van der Waals surface area contributed by atoms with Crippen molar-refractivity contribution >= 4 is 21.6 Å². The SMILES string of the molecule is C=C(CC)CNc1c(F)cc(Br)cc1F. The summed E-state index contributed by atoms with van der Waals surface area (Å²) in [7, 11) is 0. The number of rotatable bonds is 4. The summed E-state index contributed by atoms with van der Waals surface area (Å²) in [6.45, 7) is 6.07. The van der Waals surface area contributed by atoms with Crippen molar-refractivity contribution in [3.8, 4) is 0 Å². The van der Waals surface area contributed by atoms with E-state index in [0.29, 0.717) is 11.0 Å². The molecule has 0 spiro atoms. The van der Waals surface area contributed by atoms with Crippen LogP contribution < -0.4 is 5.32 Å². The molecule has 0 aliphatic heterocycles. The molecule has 0 amide bonds. The largest absolute Gasteiger partial charge is 0.377 e. The molecule has 0 bridgehead atoms. The van der Waals surface area contributed by atoms with Gasteiger partial charge in [-0.15, -0.1) is 0 Å². The molecule has 0 unspecified atom stereocenters. The molecular formula is C11H12BrF2N. The molecule has 0 saturated heterocycles. The van der Waals surface area contributed by atoms with E-state index in [4.69, 9.17) is 0 Å². The zero-order chi connectivity index (χ0) is 11.4. The van der Waals surface area contributed by atoms with Gasteiger partial charge in [-0.3, -0.25) is 0 Å². The first-order chi connectivity index (χ1) is 7.04. The van der Waals surface area contributed by atoms with Crippen LogP contribution in [0.15, 0.2) is 28.8 Å². The number of halogens is 3. The molecule has 0 aliphatic rings. The quantitative estimate of drug-likeness (QED) is 0.816. The van der Waals surface area contributed by atoms with Gasteiger partial charge in [0, 0.05) is 11.0 Å². The Bertz CT molecular complexity index is 354. The maximum atomic E-state index is 13.3. The van der Waals surface area contributed by atoms with Crippen molar-refractivity contribution in [1.82, 2.24) is 0 Å². The summed E-state index contributed by atoms with van der Waals surface area (Å²) >= 11 is 3.02.